The normalized spacial score (nSPS) is 26.8. The van der Waals surface area contributed by atoms with E-state index >= 15 is 0 Å². The van der Waals surface area contributed by atoms with Gasteiger partial charge >= 0.3 is 0 Å². The molecule has 1 saturated heterocycles. The summed E-state index contributed by atoms with van der Waals surface area (Å²) in [5.74, 6) is 0. The molecular weight excluding hydrogens is 356 g/mol. The van der Waals surface area contributed by atoms with Gasteiger partial charge in [0.2, 0.25) is 0 Å². The Labute approximate surface area is 155 Å². The van der Waals surface area contributed by atoms with Crippen LogP contribution in [0.1, 0.15) is 13.3 Å². The van der Waals surface area contributed by atoms with Crippen molar-refractivity contribution in [3.05, 3.63) is 30.6 Å². The number of nitrogens with two attached hydrogens (primary N) is 1. The van der Waals surface area contributed by atoms with Crippen molar-refractivity contribution >= 4 is 16.9 Å². The second kappa shape index (κ2) is 8.58. The molecule has 1 fully saturated rings. The molecule has 0 bridgehead atoms. The summed E-state index contributed by atoms with van der Waals surface area (Å²) in [6.45, 7) is 2.72. The third-order valence-corrected chi connectivity index (χ3v) is 4.87. The van der Waals surface area contributed by atoms with Crippen LogP contribution in [0.2, 0.25) is 0 Å². The fourth-order valence-corrected chi connectivity index (χ4v) is 3.64. The second-order valence-corrected chi connectivity index (χ2v) is 7.05. The Bertz CT molecular complexity index is 741. The Hall–Kier alpha value is -2.01. The molecule has 3 heterocycles. The zero-order chi connectivity index (χ0) is 18.5. The first-order chi connectivity index (χ1) is 12.6. The first-order valence-electron chi connectivity index (χ1n) is 8.36. The number of aliphatic hydroxyl groups excluding tert-OH is 2. The minimum absolute atomic E-state index is 0.250. The number of aliphatic imine (C=N–C) groups is 1. The van der Waals surface area contributed by atoms with Gasteiger partial charge in [0, 0.05) is 19.2 Å². The van der Waals surface area contributed by atoms with Crippen LogP contribution in [-0.4, -0.2) is 65.7 Å². The summed E-state index contributed by atoms with van der Waals surface area (Å²) in [5.41, 5.74) is 6.77. The van der Waals surface area contributed by atoms with E-state index in [-0.39, 0.29) is 18.4 Å². The largest absolute Gasteiger partial charge is 0.390 e. The van der Waals surface area contributed by atoms with Crippen LogP contribution in [0.25, 0.3) is 11.4 Å². The molecule has 0 amide bonds. The van der Waals surface area contributed by atoms with Gasteiger partial charge in [-0.25, -0.2) is 4.68 Å². The van der Waals surface area contributed by atoms with Crippen LogP contribution in [0.4, 0.5) is 0 Å². The van der Waals surface area contributed by atoms with Gasteiger partial charge in [-0.1, -0.05) is 23.0 Å². The van der Waals surface area contributed by atoms with Gasteiger partial charge in [-0.15, -0.1) is 5.10 Å². The van der Waals surface area contributed by atoms with Gasteiger partial charge in [0.15, 0.2) is 5.17 Å². The van der Waals surface area contributed by atoms with Crippen molar-refractivity contribution in [3.63, 3.8) is 0 Å². The van der Waals surface area contributed by atoms with Gasteiger partial charge in [-0.2, -0.15) is 0 Å². The molecule has 2 aromatic heterocycles. The van der Waals surface area contributed by atoms with E-state index in [4.69, 9.17) is 10.5 Å². The fourth-order valence-electron chi connectivity index (χ4n) is 2.67. The minimum atomic E-state index is -1.02. The summed E-state index contributed by atoms with van der Waals surface area (Å²) in [6, 6.07) is 5.54. The number of aliphatic hydroxyl groups is 2. The lowest BCUT2D eigenvalue weighted by atomic mass is 10.0. The Morgan fingerprint density at radius 1 is 1.42 bits per heavy atom. The summed E-state index contributed by atoms with van der Waals surface area (Å²) in [5, 5.41) is 29.0. The maximum atomic E-state index is 10.3. The van der Waals surface area contributed by atoms with Crippen LogP contribution in [0.15, 0.2) is 35.6 Å². The van der Waals surface area contributed by atoms with E-state index in [1.165, 1.54) is 11.8 Å². The molecule has 1 aliphatic heterocycles. The zero-order valence-electron chi connectivity index (χ0n) is 14.3. The van der Waals surface area contributed by atoms with Gasteiger partial charge < -0.3 is 20.7 Å². The number of aromatic nitrogens is 4. The van der Waals surface area contributed by atoms with Crippen molar-refractivity contribution in [1.82, 2.24) is 20.0 Å². The van der Waals surface area contributed by atoms with E-state index in [0.29, 0.717) is 23.1 Å². The van der Waals surface area contributed by atoms with Gasteiger partial charge in [0.05, 0.1) is 24.5 Å². The predicted octanol–water partition coefficient (Wildman–Crippen LogP) is 0.245. The molecule has 4 atom stereocenters. The highest BCUT2D eigenvalue weighted by Crippen LogP contribution is 2.28. The standard InChI is InChI=1S/C16H22N6O3S/c1-2-18-16(17)26-14-7-12(23)15(24)13(25-14)9-22-8-11(20-21-22)10-5-3-4-6-19-10/h3-6,8,12-15,23-24H,2,7,9H2,1H3,(H2,17,18)/t12?,13?,14-,15+/m1/s1. The lowest BCUT2D eigenvalue weighted by Crippen LogP contribution is -2.49. The molecule has 0 spiro atoms. The molecule has 4 N–H and O–H groups in total. The van der Waals surface area contributed by atoms with Gasteiger partial charge in [-0.05, 0) is 19.1 Å². The molecule has 1 aliphatic rings. The Morgan fingerprint density at radius 3 is 3.00 bits per heavy atom. The Morgan fingerprint density at radius 2 is 2.27 bits per heavy atom. The van der Waals surface area contributed by atoms with E-state index in [2.05, 4.69) is 20.3 Å². The second-order valence-electron chi connectivity index (χ2n) is 5.87. The monoisotopic (exact) mass is 378 g/mol. The molecule has 0 aliphatic carbocycles. The Balaban J connectivity index is 1.67. The SMILES string of the molecule is CCN=C(N)S[C@@H]1CC(O)[C@H](O)C(Cn2cc(-c3ccccn3)nn2)O1. The molecule has 2 unspecified atom stereocenters. The molecule has 140 valence electrons. The van der Waals surface area contributed by atoms with Crippen LogP contribution >= 0.6 is 11.8 Å². The molecule has 0 saturated carbocycles. The topological polar surface area (TPSA) is 132 Å². The lowest BCUT2D eigenvalue weighted by molar-refractivity contribution is -0.149. The summed E-state index contributed by atoms with van der Waals surface area (Å²) in [7, 11) is 0. The minimum Gasteiger partial charge on any atom is -0.390 e. The highest BCUT2D eigenvalue weighted by atomic mass is 32.2. The number of thioether (sulfide) groups is 1. The smallest absolute Gasteiger partial charge is 0.156 e. The average Bonchev–Trinajstić information content (AvgIpc) is 3.09. The Kier molecular flexibility index (Phi) is 6.20. The highest BCUT2D eigenvalue weighted by molar-refractivity contribution is 8.14. The van der Waals surface area contributed by atoms with Crippen LogP contribution in [0.3, 0.4) is 0 Å². The molecular formula is C16H22N6O3S. The number of pyridine rings is 1. The molecule has 0 radical (unpaired) electrons. The van der Waals surface area contributed by atoms with Crippen LogP contribution < -0.4 is 5.73 Å². The van der Waals surface area contributed by atoms with Crippen molar-refractivity contribution in [2.24, 2.45) is 10.7 Å². The molecule has 9 nitrogen and oxygen atoms in total. The quantitative estimate of drug-likeness (QED) is 0.498. The number of nitrogens with zero attached hydrogens (tertiary/aromatic N) is 5. The van der Waals surface area contributed by atoms with Gasteiger partial charge in [0.1, 0.15) is 23.3 Å². The van der Waals surface area contributed by atoms with Gasteiger partial charge in [0.25, 0.3) is 0 Å². The summed E-state index contributed by atoms with van der Waals surface area (Å²) < 4.78 is 7.46. The van der Waals surface area contributed by atoms with Crippen LogP contribution in [0.5, 0.6) is 0 Å². The molecule has 3 rings (SSSR count). The number of hydrogen-bond acceptors (Lipinski definition) is 8. The van der Waals surface area contributed by atoms with Crippen molar-refractivity contribution in [2.45, 2.75) is 43.6 Å². The first kappa shape index (κ1) is 18.8. The van der Waals surface area contributed by atoms with Crippen molar-refractivity contribution in [1.29, 1.82) is 0 Å². The first-order valence-corrected chi connectivity index (χ1v) is 9.24. The summed E-state index contributed by atoms with van der Waals surface area (Å²) in [6.07, 6.45) is 1.14. The lowest BCUT2D eigenvalue weighted by Gasteiger charge is -2.36. The van der Waals surface area contributed by atoms with E-state index in [1.807, 2.05) is 25.1 Å². The molecule has 26 heavy (non-hydrogen) atoms. The number of rotatable bonds is 5. The predicted molar refractivity (Wildman–Crippen MR) is 98.3 cm³/mol. The average molecular weight is 378 g/mol. The van der Waals surface area contributed by atoms with Crippen molar-refractivity contribution in [3.8, 4) is 11.4 Å². The van der Waals surface area contributed by atoms with E-state index in [0.717, 1.165) is 0 Å². The highest BCUT2D eigenvalue weighted by Gasteiger charge is 2.37. The van der Waals surface area contributed by atoms with E-state index < -0.39 is 18.3 Å². The number of amidine groups is 1. The molecule has 10 heteroatoms. The van der Waals surface area contributed by atoms with Crippen molar-refractivity contribution < 1.29 is 14.9 Å². The maximum absolute atomic E-state index is 10.3. The fraction of sp³-hybridized carbons (Fsp3) is 0.500. The van der Waals surface area contributed by atoms with E-state index in [9.17, 15) is 10.2 Å². The van der Waals surface area contributed by atoms with Crippen LogP contribution in [0, 0.1) is 0 Å². The summed E-state index contributed by atoms with van der Waals surface area (Å²) >= 11 is 1.25. The molecule has 2 aromatic rings. The summed E-state index contributed by atoms with van der Waals surface area (Å²) in [4.78, 5) is 8.34. The van der Waals surface area contributed by atoms with E-state index in [1.54, 1.807) is 17.1 Å². The third-order valence-electron chi connectivity index (χ3n) is 3.93. The number of ether oxygens (including phenoxy) is 1. The third kappa shape index (κ3) is 4.58. The van der Waals surface area contributed by atoms with Crippen LogP contribution in [-0.2, 0) is 11.3 Å². The zero-order valence-corrected chi connectivity index (χ0v) is 15.2. The number of hydrogen-bond donors (Lipinski definition) is 3. The molecule has 0 aromatic carbocycles. The van der Waals surface area contributed by atoms with Gasteiger partial charge in [-0.3, -0.25) is 9.98 Å². The van der Waals surface area contributed by atoms with Crippen molar-refractivity contribution in [2.75, 3.05) is 6.54 Å². The maximum Gasteiger partial charge on any atom is 0.156 e.